The molecule has 0 atom stereocenters. The van der Waals surface area contributed by atoms with Crippen LogP contribution < -0.4 is 4.90 Å². The van der Waals surface area contributed by atoms with E-state index in [9.17, 15) is 4.79 Å². The van der Waals surface area contributed by atoms with Gasteiger partial charge in [-0.05, 0) is 0 Å². The van der Waals surface area contributed by atoms with Crippen molar-refractivity contribution in [1.82, 2.24) is 9.38 Å². The Balaban J connectivity index is 2.50. The van der Waals surface area contributed by atoms with Crippen LogP contribution in [-0.2, 0) is 0 Å². The lowest BCUT2D eigenvalue weighted by atomic mass is 10.3. The van der Waals surface area contributed by atoms with E-state index in [2.05, 4.69) is 18.1 Å². The number of aromatic nitrogens is 2. The first kappa shape index (κ1) is 11.6. The summed E-state index contributed by atoms with van der Waals surface area (Å²) in [5.41, 5.74) is 0.574. The van der Waals surface area contributed by atoms with E-state index in [1.165, 1.54) is 11.3 Å². The van der Waals surface area contributed by atoms with Gasteiger partial charge in [-0.3, -0.25) is 9.20 Å². The summed E-state index contributed by atoms with van der Waals surface area (Å²) in [5, 5.41) is 1.91. The maximum atomic E-state index is 11.2. The number of fused-ring (bicyclic) bond motifs is 1. The minimum absolute atomic E-state index is 0.574. The van der Waals surface area contributed by atoms with Gasteiger partial charge in [-0.25, -0.2) is 4.98 Å². The molecule has 0 saturated heterocycles. The van der Waals surface area contributed by atoms with Gasteiger partial charge in [-0.2, -0.15) is 0 Å². The van der Waals surface area contributed by atoms with Gasteiger partial charge in [-0.1, -0.05) is 12.2 Å². The van der Waals surface area contributed by atoms with Gasteiger partial charge < -0.3 is 4.90 Å². The zero-order chi connectivity index (χ0) is 12.3. The van der Waals surface area contributed by atoms with Gasteiger partial charge in [0, 0.05) is 24.7 Å². The SMILES string of the molecule is C=CCN(CC=C)c1nc2sccn2c1C=O. The number of anilines is 1. The van der Waals surface area contributed by atoms with E-state index in [1.807, 2.05) is 16.5 Å². The molecule has 2 rings (SSSR count). The molecular weight excluding hydrogens is 234 g/mol. The minimum atomic E-state index is 0.574. The molecule has 17 heavy (non-hydrogen) atoms. The monoisotopic (exact) mass is 247 g/mol. The molecule has 0 spiro atoms. The van der Waals surface area contributed by atoms with Crippen molar-refractivity contribution in [2.75, 3.05) is 18.0 Å². The Hall–Kier alpha value is -1.88. The number of imidazole rings is 1. The van der Waals surface area contributed by atoms with Crippen LogP contribution in [0.25, 0.3) is 4.96 Å². The predicted molar refractivity (Wildman–Crippen MR) is 71.1 cm³/mol. The standard InChI is InChI=1S/C12H13N3OS/c1-3-5-14(6-4-2)11-10(9-16)15-7-8-17-12(15)13-11/h3-4,7-9H,1-2,5-6H2. The van der Waals surface area contributed by atoms with Crippen LogP contribution in [0, 0.1) is 0 Å². The van der Waals surface area contributed by atoms with E-state index < -0.39 is 0 Å². The third-order valence-corrected chi connectivity index (χ3v) is 3.15. The highest BCUT2D eigenvalue weighted by atomic mass is 32.1. The Morgan fingerprint density at radius 3 is 2.71 bits per heavy atom. The number of thiazole rings is 1. The molecule has 0 amide bonds. The van der Waals surface area contributed by atoms with Gasteiger partial charge in [0.15, 0.2) is 17.1 Å². The summed E-state index contributed by atoms with van der Waals surface area (Å²) in [6.07, 6.45) is 6.25. The molecule has 0 aliphatic heterocycles. The van der Waals surface area contributed by atoms with E-state index in [1.54, 1.807) is 16.6 Å². The normalized spacial score (nSPS) is 10.4. The highest BCUT2D eigenvalue weighted by molar-refractivity contribution is 7.15. The van der Waals surface area contributed by atoms with Gasteiger partial charge in [0.05, 0.1) is 0 Å². The van der Waals surface area contributed by atoms with E-state index >= 15 is 0 Å². The Labute approximate surface area is 104 Å². The Morgan fingerprint density at radius 1 is 1.41 bits per heavy atom. The highest BCUT2D eigenvalue weighted by Gasteiger charge is 2.16. The van der Waals surface area contributed by atoms with Crippen LogP contribution in [-0.4, -0.2) is 28.8 Å². The molecule has 0 saturated carbocycles. The van der Waals surface area contributed by atoms with Crippen molar-refractivity contribution in [3.8, 4) is 0 Å². The first-order valence-electron chi connectivity index (χ1n) is 5.19. The molecule has 0 aliphatic carbocycles. The second kappa shape index (κ2) is 4.97. The van der Waals surface area contributed by atoms with Gasteiger partial charge in [-0.15, -0.1) is 24.5 Å². The molecule has 2 aromatic rings. The molecule has 88 valence electrons. The molecule has 0 aliphatic rings. The number of hydrogen-bond acceptors (Lipinski definition) is 4. The molecule has 0 unspecified atom stereocenters. The maximum absolute atomic E-state index is 11.2. The summed E-state index contributed by atoms with van der Waals surface area (Å²) in [4.78, 5) is 18.4. The highest BCUT2D eigenvalue weighted by Crippen LogP contribution is 2.23. The molecule has 0 aromatic carbocycles. The van der Waals surface area contributed by atoms with Crippen molar-refractivity contribution < 1.29 is 4.79 Å². The van der Waals surface area contributed by atoms with Gasteiger partial charge in [0.1, 0.15) is 5.69 Å². The third kappa shape index (κ3) is 2.01. The van der Waals surface area contributed by atoms with E-state index in [-0.39, 0.29) is 0 Å². The fourth-order valence-electron chi connectivity index (χ4n) is 1.69. The van der Waals surface area contributed by atoms with Crippen molar-refractivity contribution in [2.45, 2.75) is 0 Å². The smallest absolute Gasteiger partial charge is 0.196 e. The summed E-state index contributed by atoms with van der Waals surface area (Å²) in [7, 11) is 0. The molecule has 2 aromatic heterocycles. The second-order valence-electron chi connectivity index (χ2n) is 3.48. The fourth-order valence-corrected chi connectivity index (χ4v) is 2.41. The average Bonchev–Trinajstić information content (AvgIpc) is 2.87. The van der Waals surface area contributed by atoms with Crippen LogP contribution in [0.2, 0.25) is 0 Å². The summed E-state index contributed by atoms with van der Waals surface area (Å²) in [6.45, 7) is 8.69. The number of rotatable bonds is 6. The number of hydrogen-bond donors (Lipinski definition) is 0. The van der Waals surface area contributed by atoms with Gasteiger partial charge in [0.25, 0.3) is 0 Å². The molecular formula is C12H13N3OS. The second-order valence-corrected chi connectivity index (χ2v) is 4.35. The molecule has 2 heterocycles. The third-order valence-electron chi connectivity index (χ3n) is 2.39. The van der Waals surface area contributed by atoms with Crippen LogP contribution in [0.4, 0.5) is 5.82 Å². The van der Waals surface area contributed by atoms with Crippen LogP contribution in [0.5, 0.6) is 0 Å². The fraction of sp³-hybridized carbons (Fsp3) is 0.167. The Morgan fingerprint density at radius 2 is 2.12 bits per heavy atom. The number of carbonyl (C=O) groups excluding carboxylic acids is 1. The van der Waals surface area contributed by atoms with Crippen molar-refractivity contribution in [1.29, 1.82) is 0 Å². The molecule has 4 nitrogen and oxygen atoms in total. The molecule has 0 bridgehead atoms. The van der Waals surface area contributed by atoms with Crippen molar-refractivity contribution >= 4 is 28.4 Å². The average molecular weight is 247 g/mol. The van der Waals surface area contributed by atoms with Gasteiger partial charge in [0.2, 0.25) is 0 Å². The minimum Gasteiger partial charge on any atom is -0.347 e. The first-order valence-corrected chi connectivity index (χ1v) is 6.07. The van der Waals surface area contributed by atoms with Crippen LogP contribution in [0.15, 0.2) is 36.9 Å². The predicted octanol–water partition coefficient (Wildman–Crippen LogP) is 2.39. The largest absolute Gasteiger partial charge is 0.347 e. The van der Waals surface area contributed by atoms with Crippen LogP contribution in [0.1, 0.15) is 10.5 Å². The Bertz CT molecular complexity index is 545. The molecule has 0 fully saturated rings. The first-order chi connectivity index (χ1) is 8.31. The lowest BCUT2D eigenvalue weighted by molar-refractivity contribution is 0.111. The Kier molecular flexibility index (Phi) is 3.39. The van der Waals surface area contributed by atoms with Crippen LogP contribution >= 0.6 is 11.3 Å². The lowest BCUT2D eigenvalue weighted by Crippen LogP contribution is -2.24. The summed E-state index contributed by atoms with van der Waals surface area (Å²) in [5.74, 6) is 0.687. The van der Waals surface area contributed by atoms with Crippen molar-refractivity contribution in [2.24, 2.45) is 0 Å². The number of carbonyl (C=O) groups is 1. The zero-order valence-electron chi connectivity index (χ0n) is 9.37. The van der Waals surface area contributed by atoms with Crippen molar-refractivity contribution in [3.63, 3.8) is 0 Å². The summed E-state index contributed by atoms with van der Waals surface area (Å²) < 4.78 is 1.80. The number of nitrogens with zero attached hydrogens (tertiary/aromatic N) is 3. The lowest BCUT2D eigenvalue weighted by Gasteiger charge is -2.18. The van der Waals surface area contributed by atoms with Crippen LogP contribution in [0.3, 0.4) is 0 Å². The number of aldehydes is 1. The van der Waals surface area contributed by atoms with E-state index in [4.69, 9.17) is 0 Å². The van der Waals surface area contributed by atoms with E-state index in [0.29, 0.717) is 24.6 Å². The summed E-state index contributed by atoms with van der Waals surface area (Å²) in [6, 6.07) is 0. The molecule has 0 N–H and O–H groups in total. The zero-order valence-corrected chi connectivity index (χ0v) is 10.2. The quantitative estimate of drug-likeness (QED) is 0.581. The summed E-state index contributed by atoms with van der Waals surface area (Å²) >= 11 is 1.51. The van der Waals surface area contributed by atoms with Crippen molar-refractivity contribution in [3.05, 3.63) is 42.6 Å². The molecule has 0 radical (unpaired) electrons. The maximum Gasteiger partial charge on any atom is 0.196 e. The molecule has 5 heteroatoms. The topological polar surface area (TPSA) is 37.6 Å². The van der Waals surface area contributed by atoms with Gasteiger partial charge >= 0.3 is 0 Å². The van der Waals surface area contributed by atoms with E-state index in [0.717, 1.165) is 11.2 Å².